The van der Waals surface area contributed by atoms with Crippen molar-refractivity contribution in [2.45, 2.75) is 57.9 Å². The SMILES string of the molecule is COc1cc(NC(=O)CCCCCCC(C)C)ccc1C(C(=O)O)(c1ccccc1)N(C)C.Cl. The molecule has 0 heterocycles. The molecule has 0 aliphatic rings. The minimum absolute atomic E-state index is 0. The first kappa shape index (κ1) is 29.5. The Hall–Kier alpha value is -2.57. The van der Waals surface area contributed by atoms with Crippen LogP contribution < -0.4 is 10.1 Å². The summed E-state index contributed by atoms with van der Waals surface area (Å²) >= 11 is 0. The molecule has 0 saturated carbocycles. The van der Waals surface area contributed by atoms with Gasteiger partial charge in [0.1, 0.15) is 5.75 Å². The molecule has 188 valence electrons. The van der Waals surface area contributed by atoms with Gasteiger partial charge in [0, 0.05) is 23.7 Å². The van der Waals surface area contributed by atoms with Crippen LogP contribution in [0.15, 0.2) is 48.5 Å². The highest BCUT2D eigenvalue weighted by molar-refractivity contribution is 5.92. The van der Waals surface area contributed by atoms with Crippen LogP contribution in [-0.4, -0.2) is 43.1 Å². The Labute approximate surface area is 210 Å². The zero-order chi connectivity index (χ0) is 24.4. The summed E-state index contributed by atoms with van der Waals surface area (Å²) in [4.78, 5) is 26.7. The summed E-state index contributed by atoms with van der Waals surface area (Å²) in [6.07, 6.45) is 5.95. The zero-order valence-electron chi connectivity index (χ0n) is 21.0. The van der Waals surface area contributed by atoms with Crippen LogP contribution in [0.4, 0.5) is 5.69 Å². The topological polar surface area (TPSA) is 78.9 Å². The molecule has 2 N–H and O–H groups in total. The number of carbonyl (C=O) groups is 2. The van der Waals surface area contributed by atoms with Gasteiger partial charge in [0.05, 0.1) is 7.11 Å². The maximum absolute atomic E-state index is 12.7. The second kappa shape index (κ2) is 14.0. The van der Waals surface area contributed by atoms with Crippen LogP contribution in [0, 0.1) is 5.92 Å². The number of rotatable bonds is 13. The number of likely N-dealkylation sites (N-methyl/N-ethyl adjacent to an activating group) is 1. The Bertz CT molecular complexity index is 918. The second-order valence-electron chi connectivity index (χ2n) is 9.09. The molecule has 0 fully saturated rings. The summed E-state index contributed by atoms with van der Waals surface area (Å²) in [6.45, 7) is 4.46. The Morgan fingerprint density at radius 3 is 2.24 bits per heavy atom. The van der Waals surface area contributed by atoms with Gasteiger partial charge < -0.3 is 15.2 Å². The number of nitrogens with zero attached hydrogens (tertiary/aromatic N) is 1. The van der Waals surface area contributed by atoms with E-state index in [1.165, 1.54) is 20.0 Å². The number of hydrogen-bond acceptors (Lipinski definition) is 4. The molecule has 1 unspecified atom stereocenters. The molecule has 0 bridgehead atoms. The van der Waals surface area contributed by atoms with Gasteiger partial charge in [0.15, 0.2) is 5.54 Å². The lowest BCUT2D eigenvalue weighted by atomic mass is 9.81. The van der Waals surface area contributed by atoms with E-state index in [9.17, 15) is 14.7 Å². The van der Waals surface area contributed by atoms with Crippen molar-refractivity contribution in [3.8, 4) is 5.75 Å². The fourth-order valence-corrected chi connectivity index (χ4v) is 4.25. The van der Waals surface area contributed by atoms with E-state index in [4.69, 9.17) is 4.74 Å². The summed E-state index contributed by atoms with van der Waals surface area (Å²) in [5.41, 5.74) is 0.268. The minimum Gasteiger partial charge on any atom is -0.496 e. The van der Waals surface area contributed by atoms with Crippen LogP contribution in [-0.2, 0) is 15.1 Å². The van der Waals surface area contributed by atoms with E-state index in [1.54, 1.807) is 49.3 Å². The Morgan fingerprint density at radius 2 is 1.68 bits per heavy atom. The first-order valence-electron chi connectivity index (χ1n) is 11.7. The Kier molecular flexibility index (Phi) is 12.1. The normalized spacial score (nSPS) is 12.7. The fourth-order valence-electron chi connectivity index (χ4n) is 4.25. The molecular weight excluding hydrogens is 452 g/mol. The van der Waals surface area contributed by atoms with Crippen molar-refractivity contribution in [1.29, 1.82) is 0 Å². The molecule has 6 nitrogen and oxygen atoms in total. The van der Waals surface area contributed by atoms with Gasteiger partial charge >= 0.3 is 5.97 Å². The number of hydrogen-bond donors (Lipinski definition) is 2. The molecule has 1 amide bonds. The van der Waals surface area contributed by atoms with E-state index in [1.807, 2.05) is 18.2 Å². The van der Waals surface area contributed by atoms with Gasteiger partial charge in [-0.1, -0.05) is 75.9 Å². The average molecular weight is 491 g/mol. The summed E-state index contributed by atoms with van der Waals surface area (Å²) in [5, 5.41) is 13.3. The van der Waals surface area contributed by atoms with Crippen molar-refractivity contribution in [3.05, 3.63) is 59.7 Å². The first-order chi connectivity index (χ1) is 15.7. The van der Waals surface area contributed by atoms with Gasteiger partial charge in [-0.2, -0.15) is 0 Å². The number of unbranched alkanes of at least 4 members (excludes halogenated alkanes) is 3. The highest BCUT2D eigenvalue weighted by Gasteiger charge is 2.46. The predicted octanol–water partition coefficient (Wildman–Crippen LogP) is 5.94. The first-order valence-corrected chi connectivity index (χ1v) is 11.7. The largest absolute Gasteiger partial charge is 0.496 e. The lowest BCUT2D eigenvalue weighted by Crippen LogP contribution is -2.49. The van der Waals surface area contributed by atoms with Gasteiger partial charge in [-0.15, -0.1) is 12.4 Å². The molecule has 34 heavy (non-hydrogen) atoms. The summed E-state index contributed by atoms with van der Waals surface area (Å²) < 4.78 is 5.60. The predicted molar refractivity (Wildman–Crippen MR) is 140 cm³/mol. The van der Waals surface area contributed by atoms with Crippen LogP contribution in [0.3, 0.4) is 0 Å². The van der Waals surface area contributed by atoms with Crippen LogP contribution >= 0.6 is 12.4 Å². The van der Waals surface area contributed by atoms with Crippen LogP contribution in [0.2, 0.25) is 0 Å². The number of carboxylic acids is 1. The quantitative estimate of drug-likeness (QED) is 0.339. The summed E-state index contributed by atoms with van der Waals surface area (Å²) in [6, 6.07) is 14.2. The molecule has 0 radical (unpaired) electrons. The molecule has 1 atom stereocenters. The zero-order valence-corrected chi connectivity index (χ0v) is 21.8. The molecule has 2 aromatic carbocycles. The third-order valence-electron chi connectivity index (χ3n) is 5.98. The van der Waals surface area contributed by atoms with E-state index in [0.717, 1.165) is 25.2 Å². The number of halogens is 1. The molecule has 0 spiro atoms. The van der Waals surface area contributed by atoms with Crippen molar-refractivity contribution < 1.29 is 19.4 Å². The van der Waals surface area contributed by atoms with Crippen molar-refractivity contribution in [3.63, 3.8) is 0 Å². The molecule has 2 rings (SSSR count). The van der Waals surface area contributed by atoms with Crippen LogP contribution in [0.1, 0.15) is 63.5 Å². The molecule has 0 aliphatic heterocycles. The number of anilines is 1. The molecule has 2 aromatic rings. The lowest BCUT2D eigenvalue weighted by molar-refractivity contribution is -0.148. The summed E-state index contributed by atoms with van der Waals surface area (Å²) in [5.74, 6) is 0.0713. The number of benzene rings is 2. The fraction of sp³-hybridized carbons (Fsp3) is 0.481. The second-order valence-corrected chi connectivity index (χ2v) is 9.09. The molecule has 7 heteroatoms. The average Bonchev–Trinajstić information content (AvgIpc) is 2.77. The van der Waals surface area contributed by atoms with E-state index in [0.29, 0.717) is 29.0 Å². The van der Waals surface area contributed by atoms with Gasteiger partial charge in [0.2, 0.25) is 5.91 Å². The Morgan fingerprint density at radius 1 is 1.03 bits per heavy atom. The van der Waals surface area contributed by atoms with Crippen molar-refractivity contribution in [2.75, 3.05) is 26.5 Å². The van der Waals surface area contributed by atoms with Crippen molar-refractivity contribution in [1.82, 2.24) is 4.90 Å². The van der Waals surface area contributed by atoms with E-state index >= 15 is 0 Å². The van der Waals surface area contributed by atoms with E-state index in [-0.39, 0.29) is 18.3 Å². The Balaban J connectivity index is 0.00000578. The van der Waals surface area contributed by atoms with Gasteiger partial charge in [-0.05, 0) is 38.1 Å². The maximum Gasteiger partial charge on any atom is 0.333 e. The number of aliphatic carboxylic acids is 1. The van der Waals surface area contributed by atoms with E-state index in [2.05, 4.69) is 19.2 Å². The number of methoxy groups -OCH3 is 1. The highest BCUT2D eigenvalue weighted by Crippen LogP contribution is 2.41. The number of amides is 1. The third-order valence-corrected chi connectivity index (χ3v) is 5.98. The monoisotopic (exact) mass is 490 g/mol. The maximum atomic E-state index is 12.7. The van der Waals surface area contributed by atoms with Crippen molar-refractivity contribution in [2.24, 2.45) is 5.92 Å². The molecular formula is C27H39ClN2O4. The van der Waals surface area contributed by atoms with Gasteiger partial charge in [-0.3, -0.25) is 9.69 Å². The number of carboxylic acid groups (broad SMARTS) is 1. The van der Waals surface area contributed by atoms with Crippen molar-refractivity contribution >= 4 is 30.0 Å². The van der Waals surface area contributed by atoms with E-state index < -0.39 is 11.5 Å². The van der Waals surface area contributed by atoms with Gasteiger partial charge in [-0.25, -0.2) is 4.79 Å². The number of carbonyl (C=O) groups excluding carboxylic acids is 1. The van der Waals surface area contributed by atoms with Gasteiger partial charge in [0.25, 0.3) is 0 Å². The summed E-state index contributed by atoms with van der Waals surface area (Å²) in [7, 11) is 4.98. The lowest BCUT2D eigenvalue weighted by Gasteiger charge is -2.37. The van der Waals surface area contributed by atoms with Crippen LogP contribution in [0.25, 0.3) is 0 Å². The van der Waals surface area contributed by atoms with Crippen LogP contribution in [0.5, 0.6) is 5.75 Å². The number of nitrogens with one attached hydrogen (secondary N) is 1. The smallest absolute Gasteiger partial charge is 0.333 e. The highest BCUT2D eigenvalue weighted by atomic mass is 35.5. The third kappa shape index (κ3) is 7.21. The molecule has 0 aliphatic carbocycles. The minimum atomic E-state index is -1.44. The number of ether oxygens (including phenoxy) is 1. The molecule has 0 saturated heterocycles. The standard InChI is InChI=1S/C27H38N2O4.ClH/c1-20(2)13-9-6-7-12-16-25(30)28-22-17-18-23(24(19-22)33-5)27(26(31)32,29(3)4)21-14-10-8-11-15-21;/h8,10-11,14-15,17-20H,6-7,9,12-13,16H2,1-5H3,(H,28,30)(H,31,32);1H. The molecule has 0 aromatic heterocycles.